The molecule has 2 rings (SSSR count). The molecule has 0 saturated heterocycles. The zero-order valence-electron chi connectivity index (χ0n) is 7.24. The summed E-state index contributed by atoms with van der Waals surface area (Å²) in [4.78, 5) is 15.4. The average molecular weight is 303 g/mol. The number of pyridine rings is 1. The SMILES string of the molecule is COC(=O)c1ccnc2n[nH]c(I)c12. The number of hydrogen-bond acceptors (Lipinski definition) is 4. The second-order valence-electron chi connectivity index (χ2n) is 2.59. The van der Waals surface area contributed by atoms with Gasteiger partial charge in [0.1, 0.15) is 3.70 Å². The summed E-state index contributed by atoms with van der Waals surface area (Å²) < 4.78 is 5.44. The number of ether oxygens (including phenoxy) is 1. The van der Waals surface area contributed by atoms with Crippen LogP contribution in [0.5, 0.6) is 0 Å². The van der Waals surface area contributed by atoms with Gasteiger partial charge in [-0.25, -0.2) is 9.78 Å². The molecule has 6 heteroatoms. The summed E-state index contributed by atoms with van der Waals surface area (Å²) >= 11 is 2.06. The lowest BCUT2D eigenvalue weighted by molar-refractivity contribution is 0.0603. The van der Waals surface area contributed by atoms with Crippen molar-refractivity contribution in [3.63, 3.8) is 0 Å². The second kappa shape index (κ2) is 3.52. The monoisotopic (exact) mass is 303 g/mol. The maximum absolute atomic E-state index is 11.4. The standard InChI is InChI=1S/C8H6IN3O2/c1-14-8(13)4-2-3-10-7-5(4)6(9)11-12-7/h2-3H,1H3,(H,10,11,12). The van der Waals surface area contributed by atoms with E-state index in [1.54, 1.807) is 6.07 Å². The molecule has 0 amide bonds. The van der Waals surface area contributed by atoms with Crippen molar-refractivity contribution in [2.75, 3.05) is 7.11 Å². The number of esters is 1. The zero-order chi connectivity index (χ0) is 10.1. The van der Waals surface area contributed by atoms with Crippen LogP contribution in [0.1, 0.15) is 10.4 Å². The van der Waals surface area contributed by atoms with E-state index < -0.39 is 0 Å². The molecule has 0 aliphatic carbocycles. The highest BCUT2D eigenvalue weighted by Crippen LogP contribution is 2.20. The van der Waals surface area contributed by atoms with Gasteiger partial charge in [0.05, 0.1) is 18.1 Å². The summed E-state index contributed by atoms with van der Waals surface area (Å²) in [5.74, 6) is -0.378. The minimum absolute atomic E-state index is 0.378. The minimum Gasteiger partial charge on any atom is -0.465 e. The van der Waals surface area contributed by atoms with Crippen molar-refractivity contribution >= 4 is 39.6 Å². The number of halogens is 1. The first-order valence-electron chi connectivity index (χ1n) is 3.81. The number of methoxy groups -OCH3 is 1. The van der Waals surface area contributed by atoms with Crippen molar-refractivity contribution in [2.45, 2.75) is 0 Å². The van der Waals surface area contributed by atoms with Crippen molar-refractivity contribution in [3.8, 4) is 0 Å². The van der Waals surface area contributed by atoms with Crippen molar-refractivity contribution in [1.29, 1.82) is 0 Å². The van der Waals surface area contributed by atoms with Gasteiger partial charge >= 0.3 is 5.97 Å². The van der Waals surface area contributed by atoms with E-state index in [1.165, 1.54) is 13.3 Å². The van der Waals surface area contributed by atoms with Crippen LogP contribution < -0.4 is 0 Å². The number of hydrogen-bond donors (Lipinski definition) is 1. The number of carbonyl (C=O) groups excluding carboxylic acids is 1. The summed E-state index contributed by atoms with van der Waals surface area (Å²) in [5.41, 5.74) is 1.01. The third kappa shape index (κ3) is 1.35. The summed E-state index contributed by atoms with van der Waals surface area (Å²) in [5, 5.41) is 7.41. The molecule has 0 spiro atoms. The minimum atomic E-state index is -0.378. The van der Waals surface area contributed by atoms with Crippen molar-refractivity contribution in [3.05, 3.63) is 21.5 Å². The first-order valence-corrected chi connectivity index (χ1v) is 4.89. The number of aromatic amines is 1. The van der Waals surface area contributed by atoms with E-state index in [4.69, 9.17) is 0 Å². The quantitative estimate of drug-likeness (QED) is 0.638. The number of carbonyl (C=O) groups is 1. The van der Waals surface area contributed by atoms with Gasteiger partial charge in [-0.1, -0.05) is 0 Å². The smallest absolute Gasteiger partial charge is 0.338 e. The lowest BCUT2D eigenvalue weighted by atomic mass is 10.2. The number of aromatic nitrogens is 3. The molecule has 1 N–H and O–H groups in total. The van der Waals surface area contributed by atoms with Gasteiger partial charge in [-0.3, -0.25) is 5.10 Å². The fraction of sp³-hybridized carbons (Fsp3) is 0.125. The Kier molecular flexibility index (Phi) is 2.36. The molecule has 72 valence electrons. The highest BCUT2D eigenvalue weighted by Gasteiger charge is 2.15. The number of fused-ring (bicyclic) bond motifs is 1. The lowest BCUT2D eigenvalue weighted by Gasteiger charge is -1.99. The molecule has 0 radical (unpaired) electrons. The first-order chi connectivity index (χ1) is 6.74. The molecule has 2 aromatic rings. The molecule has 0 atom stereocenters. The molecule has 2 heterocycles. The van der Waals surface area contributed by atoms with Gasteiger partial charge < -0.3 is 4.74 Å². The Morgan fingerprint density at radius 1 is 1.64 bits per heavy atom. The molecule has 14 heavy (non-hydrogen) atoms. The first kappa shape index (κ1) is 9.38. The molecule has 0 saturated carbocycles. The Hall–Kier alpha value is -1.18. The van der Waals surface area contributed by atoms with Crippen LogP contribution in [0.4, 0.5) is 0 Å². The van der Waals surface area contributed by atoms with Gasteiger partial charge in [-0.15, -0.1) is 0 Å². The van der Waals surface area contributed by atoms with Crippen LogP contribution in [0.2, 0.25) is 0 Å². The normalized spacial score (nSPS) is 10.4. The Morgan fingerprint density at radius 3 is 3.14 bits per heavy atom. The number of nitrogens with zero attached hydrogens (tertiary/aromatic N) is 2. The molecule has 0 bridgehead atoms. The molecule has 0 unspecified atom stereocenters. The van der Waals surface area contributed by atoms with Crippen LogP contribution in [-0.4, -0.2) is 28.3 Å². The molecular weight excluding hydrogens is 297 g/mol. The molecule has 0 aliphatic heterocycles. The lowest BCUT2D eigenvalue weighted by Crippen LogP contribution is -2.02. The van der Waals surface area contributed by atoms with Gasteiger partial charge in [-0.2, -0.15) is 5.10 Å². The van der Waals surface area contributed by atoms with Crippen LogP contribution in [-0.2, 0) is 4.74 Å². The Morgan fingerprint density at radius 2 is 2.43 bits per heavy atom. The Balaban J connectivity index is 2.75. The molecule has 0 aromatic carbocycles. The van der Waals surface area contributed by atoms with Gasteiger partial charge in [0, 0.05) is 6.20 Å². The van der Waals surface area contributed by atoms with Gasteiger partial charge in [0.25, 0.3) is 0 Å². The molecule has 0 fully saturated rings. The molecule has 5 nitrogen and oxygen atoms in total. The second-order valence-corrected chi connectivity index (χ2v) is 3.67. The van der Waals surface area contributed by atoms with Crippen LogP contribution in [0.3, 0.4) is 0 Å². The number of nitrogens with one attached hydrogen (secondary N) is 1. The van der Waals surface area contributed by atoms with Crippen LogP contribution >= 0.6 is 22.6 Å². The van der Waals surface area contributed by atoms with E-state index in [1.807, 2.05) is 0 Å². The van der Waals surface area contributed by atoms with E-state index in [9.17, 15) is 4.79 Å². The molecule has 0 aliphatic rings. The Labute approximate surface area is 93.0 Å². The summed E-state index contributed by atoms with van der Waals surface area (Å²) in [7, 11) is 1.35. The Bertz CT molecular complexity index is 494. The van der Waals surface area contributed by atoms with Crippen LogP contribution in [0, 0.1) is 3.70 Å². The topological polar surface area (TPSA) is 67.9 Å². The predicted octanol–water partition coefficient (Wildman–Crippen LogP) is 1.35. The molecular formula is C8H6IN3O2. The van der Waals surface area contributed by atoms with Crippen molar-refractivity contribution in [1.82, 2.24) is 15.2 Å². The molecule has 2 aromatic heterocycles. The fourth-order valence-electron chi connectivity index (χ4n) is 1.19. The third-order valence-corrected chi connectivity index (χ3v) is 2.60. The van der Waals surface area contributed by atoms with Gasteiger partial charge in [0.15, 0.2) is 5.65 Å². The van der Waals surface area contributed by atoms with E-state index in [0.29, 0.717) is 16.6 Å². The maximum atomic E-state index is 11.4. The van der Waals surface area contributed by atoms with Crippen molar-refractivity contribution < 1.29 is 9.53 Å². The summed E-state index contributed by atoms with van der Waals surface area (Å²) in [6.45, 7) is 0. The highest BCUT2D eigenvalue weighted by atomic mass is 127. The maximum Gasteiger partial charge on any atom is 0.338 e. The highest BCUT2D eigenvalue weighted by molar-refractivity contribution is 14.1. The number of H-pyrrole nitrogens is 1. The summed E-state index contributed by atoms with van der Waals surface area (Å²) in [6.07, 6.45) is 1.53. The summed E-state index contributed by atoms with van der Waals surface area (Å²) in [6, 6.07) is 1.62. The van der Waals surface area contributed by atoms with E-state index in [0.717, 1.165) is 3.70 Å². The average Bonchev–Trinajstić information content (AvgIpc) is 2.59. The number of rotatable bonds is 1. The van der Waals surface area contributed by atoms with E-state index >= 15 is 0 Å². The van der Waals surface area contributed by atoms with Crippen LogP contribution in [0.25, 0.3) is 11.0 Å². The zero-order valence-corrected chi connectivity index (χ0v) is 9.40. The van der Waals surface area contributed by atoms with Gasteiger partial charge in [0.2, 0.25) is 0 Å². The van der Waals surface area contributed by atoms with Gasteiger partial charge in [-0.05, 0) is 28.7 Å². The predicted molar refractivity (Wildman–Crippen MR) is 57.9 cm³/mol. The third-order valence-electron chi connectivity index (χ3n) is 1.82. The van der Waals surface area contributed by atoms with E-state index in [-0.39, 0.29) is 5.97 Å². The van der Waals surface area contributed by atoms with Crippen LogP contribution in [0.15, 0.2) is 12.3 Å². The van der Waals surface area contributed by atoms with Crippen molar-refractivity contribution in [2.24, 2.45) is 0 Å². The largest absolute Gasteiger partial charge is 0.465 e. The van der Waals surface area contributed by atoms with E-state index in [2.05, 4.69) is 42.5 Å². The fourth-order valence-corrected chi connectivity index (χ4v) is 1.84.